The van der Waals surface area contributed by atoms with E-state index in [0.29, 0.717) is 19.6 Å². The van der Waals surface area contributed by atoms with Crippen LogP contribution in [0.4, 0.5) is 4.39 Å². The summed E-state index contributed by atoms with van der Waals surface area (Å²) in [7, 11) is 2.83. The Morgan fingerprint density at radius 1 is 1.35 bits per heavy atom. The van der Waals surface area contributed by atoms with Crippen LogP contribution in [-0.4, -0.2) is 50.7 Å². The van der Waals surface area contributed by atoms with E-state index in [-0.39, 0.29) is 17.1 Å². The van der Waals surface area contributed by atoms with Crippen LogP contribution >= 0.6 is 11.6 Å². The number of rotatable bonds is 8. The molecule has 1 atom stereocenters. The molecule has 0 N–H and O–H groups in total. The molecule has 0 saturated heterocycles. The summed E-state index contributed by atoms with van der Waals surface area (Å²) in [4.78, 5) is 25.6. The standard InChI is InChI=1S/C16H21ClFNO4/c1-11(16(21)23-3)10-19(8-5-9-22-2)15(20)14-12(17)6-4-7-13(14)18/h4,6-7,11H,5,8-10H2,1-3H3. The van der Waals surface area contributed by atoms with Crippen molar-refractivity contribution in [3.8, 4) is 0 Å². The lowest BCUT2D eigenvalue weighted by atomic mass is 10.1. The molecule has 1 rings (SSSR count). The number of esters is 1. The third kappa shape index (κ3) is 5.48. The van der Waals surface area contributed by atoms with Crippen LogP contribution in [0.25, 0.3) is 0 Å². The summed E-state index contributed by atoms with van der Waals surface area (Å²) in [6.45, 7) is 2.52. The summed E-state index contributed by atoms with van der Waals surface area (Å²) in [6.07, 6.45) is 0.558. The highest BCUT2D eigenvalue weighted by molar-refractivity contribution is 6.33. The van der Waals surface area contributed by atoms with Gasteiger partial charge in [-0.1, -0.05) is 24.6 Å². The number of nitrogens with zero attached hydrogens (tertiary/aromatic N) is 1. The quantitative estimate of drug-likeness (QED) is 0.537. The van der Waals surface area contributed by atoms with E-state index in [4.69, 9.17) is 16.3 Å². The highest BCUT2D eigenvalue weighted by Crippen LogP contribution is 2.21. The van der Waals surface area contributed by atoms with Crippen LogP contribution in [0.15, 0.2) is 18.2 Å². The molecule has 0 saturated carbocycles. The molecule has 0 fully saturated rings. The van der Waals surface area contributed by atoms with Crippen LogP contribution in [0, 0.1) is 11.7 Å². The molecule has 1 aromatic rings. The minimum absolute atomic E-state index is 0.0393. The number of hydrogen-bond donors (Lipinski definition) is 0. The molecule has 23 heavy (non-hydrogen) atoms. The molecule has 1 unspecified atom stereocenters. The van der Waals surface area contributed by atoms with Gasteiger partial charge in [0.25, 0.3) is 5.91 Å². The molecular weight excluding hydrogens is 325 g/mol. The first-order chi connectivity index (χ1) is 10.9. The van der Waals surface area contributed by atoms with Gasteiger partial charge in [-0.25, -0.2) is 4.39 Å². The highest BCUT2D eigenvalue weighted by Gasteiger charge is 2.25. The summed E-state index contributed by atoms with van der Waals surface area (Å²) in [6, 6.07) is 4.06. The molecule has 0 spiro atoms. The van der Waals surface area contributed by atoms with E-state index in [9.17, 15) is 14.0 Å². The predicted molar refractivity (Wildman–Crippen MR) is 85.0 cm³/mol. The van der Waals surface area contributed by atoms with Crippen LogP contribution in [0.5, 0.6) is 0 Å². The number of ether oxygens (including phenoxy) is 2. The molecule has 0 heterocycles. The lowest BCUT2D eigenvalue weighted by molar-refractivity contribution is -0.145. The van der Waals surface area contributed by atoms with Crippen molar-refractivity contribution in [1.29, 1.82) is 0 Å². The van der Waals surface area contributed by atoms with Crippen molar-refractivity contribution >= 4 is 23.5 Å². The molecule has 0 bridgehead atoms. The van der Waals surface area contributed by atoms with E-state index in [1.54, 1.807) is 14.0 Å². The van der Waals surface area contributed by atoms with Gasteiger partial charge in [-0.3, -0.25) is 9.59 Å². The molecule has 0 aromatic heterocycles. The lowest BCUT2D eigenvalue weighted by Gasteiger charge is -2.25. The third-order valence-corrected chi connectivity index (χ3v) is 3.65. The van der Waals surface area contributed by atoms with Crippen LogP contribution < -0.4 is 0 Å². The first-order valence-corrected chi connectivity index (χ1v) is 7.60. The molecule has 1 aromatic carbocycles. The van der Waals surface area contributed by atoms with E-state index < -0.39 is 23.6 Å². The Bertz CT molecular complexity index is 533. The van der Waals surface area contributed by atoms with Crippen molar-refractivity contribution in [2.45, 2.75) is 13.3 Å². The van der Waals surface area contributed by atoms with Crippen molar-refractivity contribution in [3.05, 3.63) is 34.6 Å². The zero-order valence-electron chi connectivity index (χ0n) is 13.5. The van der Waals surface area contributed by atoms with Gasteiger partial charge in [0, 0.05) is 26.8 Å². The lowest BCUT2D eigenvalue weighted by Crippen LogP contribution is -2.38. The Hall–Kier alpha value is -1.66. The molecule has 128 valence electrons. The summed E-state index contributed by atoms with van der Waals surface area (Å²) in [5, 5.41) is 0.0393. The van der Waals surface area contributed by atoms with E-state index in [2.05, 4.69) is 4.74 Å². The number of methoxy groups -OCH3 is 2. The summed E-state index contributed by atoms with van der Waals surface area (Å²) >= 11 is 5.95. The molecular formula is C16H21ClFNO4. The van der Waals surface area contributed by atoms with E-state index in [1.165, 1.54) is 30.2 Å². The Morgan fingerprint density at radius 2 is 2.04 bits per heavy atom. The van der Waals surface area contributed by atoms with Gasteiger partial charge in [0.1, 0.15) is 5.82 Å². The van der Waals surface area contributed by atoms with Gasteiger partial charge in [-0.2, -0.15) is 0 Å². The van der Waals surface area contributed by atoms with E-state index >= 15 is 0 Å². The van der Waals surface area contributed by atoms with Crippen molar-refractivity contribution in [1.82, 2.24) is 4.90 Å². The normalized spacial score (nSPS) is 11.9. The van der Waals surface area contributed by atoms with Gasteiger partial charge in [0.05, 0.1) is 23.6 Å². The predicted octanol–water partition coefficient (Wildman–Crippen LogP) is 2.77. The largest absolute Gasteiger partial charge is 0.469 e. The van der Waals surface area contributed by atoms with Crippen LogP contribution in [-0.2, 0) is 14.3 Å². The Kier molecular flexibility index (Phi) is 7.98. The summed E-state index contributed by atoms with van der Waals surface area (Å²) in [5.41, 5.74) is -0.191. The fraction of sp³-hybridized carbons (Fsp3) is 0.500. The molecule has 0 aliphatic heterocycles. The zero-order valence-corrected chi connectivity index (χ0v) is 14.2. The van der Waals surface area contributed by atoms with Gasteiger partial charge >= 0.3 is 5.97 Å². The second-order valence-electron chi connectivity index (χ2n) is 5.12. The Balaban J connectivity index is 2.98. The first kappa shape index (κ1) is 19.4. The van der Waals surface area contributed by atoms with Gasteiger partial charge in [0.2, 0.25) is 0 Å². The molecule has 7 heteroatoms. The summed E-state index contributed by atoms with van der Waals surface area (Å²) < 4.78 is 23.6. The smallest absolute Gasteiger partial charge is 0.310 e. The number of carbonyl (C=O) groups is 2. The third-order valence-electron chi connectivity index (χ3n) is 3.34. The summed E-state index contributed by atoms with van der Waals surface area (Å²) in [5.74, 6) is -2.21. The first-order valence-electron chi connectivity index (χ1n) is 7.22. The fourth-order valence-electron chi connectivity index (χ4n) is 2.14. The van der Waals surface area contributed by atoms with Crippen molar-refractivity contribution in [2.75, 3.05) is 33.9 Å². The average Bonchev–Trinajstić information content (AvgIpc) is 2.52. The molecule has 0 aliphatic carbocycles. The van der Waals surface area contributed by atoms with E-state index in [0.717, 1.165) is 0 Å². The minimum Gasteiger partial charge on any atom is -0.469 e. The number of amides is 1. The number of halogens is 2. The Labute approximate surface area is 140 Å². The SMILES string of the molecule is COCCCN(CC(C)C(=O)OC)C(=O)c1c(F)cccc1Cl. The second kappa shape index (κ2) is 9.47. The maximum absolute atomic E-state index is 14.0. The van der Waals surface area contributed by atoms with Crippen molar-refractivity contribution < 1.29 is 23.5 Å². The Morgan fingerprint density at radius 3 is 2.61 bits per heavy atom. The van der Waals surface area contributed by atoms with Gasteiger partial charge in [0.15, 0.2) is 0 Å². The number of hydrogen-bond acceptors (Lipinski definition) is 4. The molecule has 5 nitrogen and oxygen atoms in total. The molecule has 0 aliphatic rings. The number of benzene rings is 1. The monoisotopic (exact) mass is 345 g/mol. The average molecular weight is 346 g/mol. The van der Waals surface area contributed by atoms with Crippen molar-refractivity contribution in [3.63, 3.8) is 0 Å². The zero-order chi connectivity index (χ0) is 17.4. The molecule has 1 amide bonds. The number of carbonyl (C=O) groups excluding carboxylic acids is 2. The topological polar surface area (TPSA) is 55.8 Å². The van der Waals surface area contributed by atoms with Crippen LogP contribution in [0.1, 0.15) is 23.7 Å². The fourth-order valence-corrected chi connectivity index (χ4v) is 2.39. The second-order valence-corrected chi connectivity index (χ2v) is 5.53. The van der Waals surface area contributed by atoms with Crippen molar-refractivity contribution in [2.24, 2.45) is 5.92 Å². The van der Waals surface area contributed by atoms with E-state index in [1.807, 2.05) is 0 Å². The van der Waals surface area contributed by atoms with Crippen LogP contribution in [0.3, 0.4) is 0 Å². The highest BCUT2D eigenvalue weighted by atomic mass is 35.5. The van der Waals surface area contributed by atoms with Crippen LogP contribution in [0.2, 0.25) is 5.02 Å². The maximum Gasteiger partial charge on any atom is 0.310 e. The van der Waals surface area contributed by atoms with Gasteiger partial charge in [-0.15, -0.1) is 0 Å². The minimum atomic E-state index is -0.690. The molecule has 0 radical (unpaired) electrons. The maximum atomic E-state index is 14.0. The van der Waals surface area contributed by atoms with Gasteiger partial charge < -0.3 is 14.4 Å². The van der Waals surface area contributed by atoms with Gasteiger partial charge in [-0.05, 0) is 18.6 Å².